The number of rotatable bonds is 4. The Bertz CT molecular complexity index is 446. The lowest BCUT2D eigenvalue weighted by molar-refractivity contribution is -0.135. The number of hydrogen-bond donors (Lipinski definition) is 1. The van der Waals surface area contributed by atoms with Crippen molar-refractivity contribution in [1.82, 2.24) is 0 Å². The van der Waals surface area contributed by atoms with Crippen LogP contribution in [0.25, 0.3) is 0 Å². The van der Waals surface area contributed by atoms with Crippen LogP contribution in [0.3, 0.4) is 0 Å². The fourth-order valence-corrected chi connectivity index (χ4v) is 1.22. The van der Waals surface area contributed by atoms with Gasteiger partial charge in [-0.3, -0.25) is 0 Å². The second-order valence-corrected chi connectivity index (χ2v) is 2.97. The summed E-state index contributed by atoms with van der Waals surface area (Å²) in [6, 6.07) is 3.34. The molecule has 1 aromatic carbocycles. The number of aliphatic hydroxyl groups excluding tert-OH is 1. The average molecular weight is 243 g/mol. The van der Waals surface area contributed by atoms with E-state index in [0.717, 1.165) is 6.07 Å². The van der Waals surface area contributed by atoms with Crippen molar-refractivity contribution in [2.75, 3.05) is 13.3 Å². The number of halogens is 2. The number of carbonyl (C=O) groups excluding carboxylic acids is 1. The van der Waals surface area contributed by atoms with E-state index in [1.165, 1.54) is 12.1 Å². The predicted molar refractivity (Wildman–Crippen MR) is 56.6 cm³/mol. The van der Waals surface area contributed by atoms with Crippen molar-refractivity contribution >= 4 is 11.7 Å². The van der Waals surface area contributed by atoms with Gasteiger partial charge in [0.15, 0.2) is 17.3 Å². The highest BCUT2D eigenvalue weighted by Crippen LogP contribution is 2.13. The molecule has 0 saturated heterocycles. The largest absolute Gasteiger partial charge is 0.461 e. The highest BCUT2D eigenvalue weighted by molar-refractivity contribution is 6.43. The summed E-state index contributed by atoms with van der Waals surface area (Å²) in [6.45, 7) is 0.917. The molecule has 0 saturated carbocycles. The molecule has 0 aliphatic rings. The van der Waals surface area contributed by atoms with Gasteiger partial charge in [0.25, 0.3) is 0 Å². The summed E-state index contributed by atoms with van der Waals surface area (Å²) >= 11 is 0. The van der Waals surface area contributed by atoms with Gasteiger partial charge >= 0.3 is 5.97 Å². The third-order valence-electron chi connectivity index (χ3n) is 1.90. The number of esters is 1. The first kappa shape index (κ1) is 13.2. The van der Waals surface area contributed by atoms with E-state index in [-0.39, 0.29) is 12.2 Å². The summed E-state index contributed by atoms with van der Waals surface area (Å²) in [7, 11) is 0. The van der Waals surface area contributed by atoms with Crippen LogP contribution in [-0.4, -0.2) is 30.1 Å². The molecule has 0 aliphatic carbocycles. The van der Waals surface area contributed by atoms with Crippen LogP contribution in [-0.2, 0) is 9.53 Å². The number of hydrogen-bond acceptors (Lipinski definition) is 4. The van der Waals surface area contributed by atoms with E-state index in [4.69, 9.17) is 5.11 Å². The molecule has 17 heavy (non-hydrogen) atoms. The SMILES string of the molecule is CCOC(=O)C(=NCO)c1cccc(F)c1F. The lowest BCUT2D eigenvalue weighted by atomic mass is 10.1. The molecule has 0 spiro atoms. The maximum absolute atomic E-state index is 13.4. The number of nitrogens with zero attached hydrogens (tertiary/aromatic N) is 1. The minimum absolute atomic E-state index is 0.0697. The van der Waals surface area contributed by atoms with Crippen LogP contribution in [0.4, 0.5) is 8.78 Å². The van der Waals surface area contributed by atoms with Gasteiger partial charge in [0.1, 0.15) is 6.73 Å². The molecule has 0 aliphatic heterocycles. The van der Waals surface area contributed by atoms with Gasteiger partial charge in [-0.1, -0.05) is 6.07 Å². The molecule has 6 heteroatoms. The molecular formula is C11H11F2NO3. The fourth-order valence-electron chi connectivity index (χ4n) is 1.22. The third-order valence-corrected chi connectivity index (χ3v) is 1.90. The molecule has 0 aromatic heterocycles. The molecule has 0 heterocycles. The molecule has 0 atom stereocenters. The standard InChI is InChI=1S/C11H11F2NO3/c1-2-17-11(16)10(14-6-15)7-4-3-5-8(12)9(7)13/h3-5,15H,2,6H2,1H3. The summed E-state index contributed by atoms with van der Waals surface area (Å²) in [5.41, 5.74) is -0.774. The Balaban J connectivity index is 3.20. The fraction of sp³-hybridized carbons (Fsp3) is 0.273. The van der Waals surface area contributed by atoms with Gasteiger partial charge in [-0.25, -0.2) is 18.6 Å². The molecular weight excluding hydrogens is 232 g/mol. The van der Waals surface area contributed by atoms with Crippen molar-refractivity contribution in [3.8, 4) is 0 Å². The van der Waals surface area contributed by atoms with Crippen molar-refractivity contribution in [2.24, 2.45) is 4.99 Å². The summed E-state index contributed by atoms with van der Waals surface area (Å²) in [4.78, 5) is 14.8. The Labute approximate surface area is 96.6 Å². The molecule has 1 aromatic rings. The lowest BCUT2D eigenvalue weighted by Crippen LogP contribution is -2.21. The second-order valence-electron chi connectivity index (χ2n) is 2.97. The van der Waals surface area contributed by atoms with E-state index in [2.05, 4.69) is 9.73 Å². The van der Waals surface area contributed by atoms with Crippen molar-refractivity contribution in [3.05, 3.63) is 35.4 Å². The minimum Gasteiger partial charge on any atom is -0.461 e. The molecule has 0 fully saturated rings. The highest BCUT2D eigenvalue weighted by atomic mass is 19.2. The van der Waals surface area contributed by atoms with Gasteiger partial charge in [-0.05, 0) is 19.1 Å². The van der Waals surface area contributed by atoms with E-state index in [0.29, 0.717) is 0 Å². The molecule has 0 amide bonds. The third kappa shape index (κ3) is 3.07. The van der Waals surface area contributed by atoms with E-state index in [1.54, 1.807) is 6.92 Å². The average Bonchev–Trinajstić information content (AvgIpc) is 2.30. The number of benzene rings is 1. The molecule has 4 nitrogen and oxygen atoms in total. The number of aliphatic hydroxyl groups is 1. The lowest BCUT2D eigenvalue weighted by Gasteiger charge is -2.07. The number of ether oxygens (including phenoxy) is 1. The monoisotopic (exact) mass is 243 g/mol. The van der Waals surface area contributed by atoms with Gasteiger partial charge < -0.3 is 9.84 Å². The van der Waals surface area contributed by atoms with Crippen molar-refractivity contribution in [3.63, 3.8) is 0 Å². The van der Waals surface area contributed by atoms with Gasteiger partial charge in [-0.2, -0.15) is 0 Å². The van der Waals surface area contributed by atoms with Crippen molar-refractivity contribution < 1.29 is 23.4 Å². The molecule has 1 N–H and O–H groups in total. The maximum Gasteiger partial charge on any atom is 0.357 e. The Kier molecular flexibility index (Phi) is 4.71. The van der Waals surface area contributed by atoms with Crippen LogP contribution in [0.15, 0.2) is 23.2 Å². The van der Waals surface area contributed by atoms with Crippen LogP contribution < -0.4 is 0 Å². The first-order valence-corrected chi connectivity index (χ1v) is 4.88. The van der Waals surface area contributed by atoms with E-state index in [1.807, 2.05) is 0 Å². The summed E-state index contributed by atoms with van der Waals surface area (Å²) in [5.74, 6) is -3.21. The molecule has 0 bridgehead atoms. The van der Waals surface area contributed by atoms with Crippen LogP contribution in [0.1, 0.15) is 12.5 Å². The summed E-state index contributed by atoms with van der Waals surface area (Å²) < 4.78 is 31.1. The zero-order valence-electron chi connectivity index (χ0n) is 9.11. The van der Waals surface area contributed by atoms with Gasteiger partial charge in [0, 0.05) is 5.56 Å². The Morgan fingerprint density at radius 2 is 2.18 bits per heavy atom. The maximum atomic E-state index is 13.4. The van der Waals surface area contributed by atoms with Crippen molar-refractivity contribution in [1.29, 1.82) is 0 Å². The molecule has 92 valence electrons. The summed E-state index contributed by atoms with van der Waals surface area (Å²) in [6.07, 6.45) is 0. The number of aliphatic imine (C=N–C) groups is 1. The van der Waals surface area contributed by atoms with Crippen LogP contribution in [0, 0.1) is 11.6 Å². The zero-order valence-corrected chi connectivity index (χ0v) is 9.11. The second kappa shape index (κ2) is 6.05. The summed E-state index contributed by atoms with van der Waals surface area (Å²) in [5, 5.41) is 8.66. The first-order chi connectivity index (χ1) is 8.11. The molecule has 1 rings (SSSR count). The van der Waals surface area contributed by atoms with Crippen LogP contribution >= 0.6 is 0 Å². The minimum atomic E-state index is -1.20. The van der Waals surface area contributed by atoms with Crippen molar-refractivity contribution in [2.45, 2.75) is 6.92 Å². The number of carbonyl (C=O) groups is 1. The smallest absolute Gasteiger partial charge is 0.357 e. The molecule has 0 radical (unpaired) electrons. The molecule has 0 unspecified atom stereocenters. The van der Waals surface area contributed by atoms with E-state index >= 15 is 0 Å². The van der Waals surface area contributed by atoms with E-state index < -0.39 is 30.0 Å². The highest BCUT2D eigenvalue weighted by Gasteiger charge is 2.20. The Morgan fingerprint density at radius 3 is 2.76 bits per heavy atom. The van der Waals surface area contributed by atoms with Crippen LogP contribution in [0.2, 0.25) is 0 Å². The van der Waals surface area contributed by atoms with E-state index in [9.17, 15) is 13.6 Å². The van der Waals surface area contributed by atoms with Gasteiger partial charge in [-0.15, -0.1) is 0 Å². The predicted octanol–water partition coefficient (Wildman–Crippen LogP) is 1.27. The topological polar surface area (TPSA) is 58.9 Å². The zero-order chi connectivity index (χ0) is 12.8. The van der Waals surface area contributed by atoms with Gasteiger partial charge in [0.2, 0.25) is 0 Å². The normalized spacial score (nSPS) is 11.4. The first-order valence-electron chi connectivity index (χ1n) is 4.88. The van der Waals surface area contributed by atoms with Gasteiger partial charge in [0.05, 0.1) is 6.61 Å². The van der Waals surface area contributed by atoms with Crippen LogP contribution in [0.5, 0.6) is 0 Å². The quantitative estimate of drug-likeness (QED) is 0.640. The Morgan fingerprint density at radius 1 is 1.47 bits per heavy atom. The Hall–Kier alpha value is -1.82.